The van der Waals surface area contributed by atoms with Crippen LogP contribution >= 0.6 is 35.7 Å². The topological polar surface area (TPSA) is 218 Å². The summed E-state index contributed by atoms with van der Waals surface area (Å²) in [5.41, 5.74) is -6.21. The average Bonchev–Trinajstić information content (AvgIpc) is 2.54. The van der Waals surface area contributed by atoms with Crippen LogP contribution in [0.5, 0.6) is 0 Å². The number of hydrogen-bond donors (Lipinski definition) is 6. The van der Waals surface area contributed by atoms with Gasteiger partial charge in [0, 0.05) is 0 Å². The molecule has 0 saturated carbocycles. The molecule has 1 aromatic rings. The molecule has 34 heavy (non-hydrogen) atoms. The largest absolute Gasteiger partial charge is 2.00 e. The fourth-order valence-corrected chi connectivity index (χ4v) is 4.95. The number of H-pyrrole nitrogens is 1. The van der Waals surface area contributed by atoms with Crippen LogP contribution in [0.15, 0.2) is 11.0 Å². The van der Waals surface area contributed by atoms with E-state index in [0.29, 0.717) is 0 Å². The molecule has 6 N–H and O–H groups in total. The van der Waals surface area contributed by atoms with Gasteiger partial charge in [-0.1, -0.05) is 19.3 Å². The molecule has 0 radical (unpaired) electrons. The van der Waals surface area contributed by atoms with Crippen LogP contribution in [-0.2, 0) is 26.8 Å². The summed E-state index contributed by atoms with van der Waals surface area (Å²) in [6.45, 7) is -2.06. The van der Waals surface area contributed by atoms with Crippen molar-refractivity contribution in [3.63, 3.8) is 0 Å². The molecule has 3 unspecified atom stereocenters. The molecule has 24 heteroatoms. The molecule has 0 bridgehead atoms. The van der Waals surface area contributed by atoms with E-state index in [1.54, 1.807) is 4.98 Å². The van der Waals surface area contributed by atoms with Gasteiger partial charge in [0.25, 0.3) is 5.56 Å². The summed E-state index contributed by atoms with van der Waals surface area (Å²) in [5.74, 6) is -1.67. The average molecular weight is 810 g/mol. The number of phosphoric acid groups is 3. The minimum atomic E-state index is -5.94. The van der Waals surface area contributed by atoms with Crippen LogP contribution in [0.1, 0.15) is 0 Å². The van der Waals surface area contributed by atoms with Gasteiger partial charge in [0.2, 0.25) is 0 Å². The summed E-state index contributed by atoms with van der Waals surface area (Å²) in [5, 5.41) is 9.64. The zero-order valence-electron chi connectivity index (χ0n) is 15.7. The number of nitrogens with zero attached hydrogens (tertiary/aromatic N) is 1. The Morgan fingerprint density at radius 1 is 1.12 bits per heavy atom. The second-order valence-electron chi connectivity index (χ2n) is 5.61. The van der Waals surface area contributed by atoms with Gasteiger partial charge in [-0.05, 0) is 6.10 Å². The Bertz CT molecular complexity index is 1130. The van der Waals surface area contributed by atoms with Crippen molar-refractivity contribution in [2.75, 3.05) is 6.61 Å². The fourth-order valence-electron chi connectivity index (χ4n) is 1.78. The summed E-state index contributed by atoms with van der Waals surface area (Å²) in [4.78, 5) is 47.4. The van der Waals surface area contributed by atoms with Crippen molar-refractivity contribution in [2.45, 2.75) is 17.9 Å². The van der Waals surface area contributed by atoms with Crippen LogP contribution in [0.3, 0.4) is 0 Å². The minimum absolute atomic E-state index is 0. The monoisotopic (exact) mass is 810 g/mol. The summed E-state index contributed by atoms with van der Waals surface area (Å²) in [6.07, 6.45) is -9.25. The Balaban J connectivity index is 0.0000109. The Morgan fingerprint density at radius 2 is 1.65 bits per heavy atom. The first-order chi connectivity index (χ1) is 14.6. The van der Waals surface area contributed by atoms with Crippen LogP contribution in [0.2, 0.25) is 0 Å². The smallest absolute Gasteiger partial charge is 0.457 e. The van der Waals surface area contributed by atoms with Gasteiger partial charge in [0.15, 0.2) is 5.67 Å². The maximum Gasteiger partial charge on any atom is 2.00 e. The first kappa shape index (κ1) is 34.0. The van der Waals surface area contributed by atoms with E-state index in [-0.39, 0.29) is 48.3 Å². The molecule has 0 saturated heterocycles. The van der Waals surface area contributed by atoms with E-state index >= 15 is 0 Å². The second-order valence-corrected chi connectivity index (χ2v) is 10.4. The third kappa shape index (κ3) is 10.2. The van der Waals surface area contributed by atoms with Gasteiger partial charge in [0.05, 0.1) is 4.77 Å². The molecule has 0 fully saturated rings. The SMILES string of the molecule is O=c1[nH]c(=S)n([CH-]C(F)([C@@H](O)[CH-]COP(=O)(O)OP(=O)(O)OP(=O)(O)O)C(F)(F)F)cc1F.[U+2]. The van der Waals surface area contributed by atoms with E-state index in [1.807, 2.05) is 0 Å². The number of rotatable bonds is 11. The molecule has 0 aliphatic rings. The third-order valence-corrected chi connectivity index (χ3v) is 7.20. The Hall–Kier alpha value is 0.0419. The Morgan fingerprint density at radius 3 is 2.12 bits per heavy atom. The van der Waals surface area contributed by atoms with Crippen LogP contribution in [0.25, 0.3) is 0 Å². The zero-order chi connectivity index (χ0) is 26.0. The predicted octanol–water partition coefficient (Wildman–Crippen LogP) is 1.23. The number of aromatic amines is 1. The van der Waals surface area contributed by atoms with E-state index in [1.165, 1.54) is 0 Å². The molecule has 194 valence electrons. The first-order valence-corrected chi connectivity index (χ1v) is 12.4. The van der Waals surface area contributed by atoms with Crippen molar-refractivity contribution >= 4 is 35.7 Å². The molecular formula is C10H12F5N2O12P3SU. The molecule has 0 aromatic carbocycles. The number of nitrogens with one attached hydrogen (secondary N) is 1. The number of aliphatic hydroxyl groups is 1. The van der Waals surface area contributed by atoms with Gasteiger partial charge in [0.1, 0.15) is 5.82 Å². The Labute approximate surface area is 213 Å². The first-order valence-electron chi connectivity index (χ1n) is 7.51. The van der Waals surface area contributed by atoms with Crippen molar-refractivity contribution in [3.8, 4) is 0 Å². The minimum Gasteiger partial charge on any atom is -0.457 e. The number of aromatic nitrogens is 2. The van der Waals surface area contributed by atoms with Gasteiger partial charge in [-0.3, -0.25) is 11.2 Å². The van der Waals surface area contributed by atoms with Crippen molar-refractivity contribution in [1.29, 1.82) is 0 Å². The van der Waals surface area contributed by atoms with E-state index in [2.05, 4.69) is 25.4 Å². The van der Waals surface area contributed by atoms with Gasteiger partial charge in [-0.25, -0.2) is 22.5 Å². The molecule has 1 rings (SSSR count). The zero-order valence-corrected chi connectivity index (χ0v) is 23.4. The standard InChI is InChI=1S/C10H12F5N2O12P3S.U/c11-5-3-17(8(33)16-7(5)19)4-9(12,10(13,14)15)6(18)1-2-27-31(23,24)29-32(25,26)28-30(20,21)22;/h1,3-4,6,18H,2H2,(H,23,24)(H,25,26)(H,16,19,33)(H2,20,21,22);/q-2;+2/t6-,9?;/m0./s1. The molecule has 0 aliphatic carbocycles. The van der Waals surface area contributed by atoms with E-state index in [4.69, 9.17) is 14.7 Å². The van der Waals surface area contributed by atoms with Crippen LogP contribution in [0, 0.1) is 54.7 Å². The quantitative estimate of drug-likeness (QED) is 0.0804. The van der Waals surface area contributed by atoms with Gasteiger partial charge in [-0.15, -0.1) is 12.2 Å². The number of alkyl halides is 4. The van der Waals surface area contributed by atoms with Crippen LogP contribution < -0.4 is 5.56 Å². The predicted molar refractivity (Wildman–Crippen MR) is 95.6 cm³/mol. The van der Waals surface area contributed by atoms with Crippen LogP contribution in [0.4, 0.5) is 22.0 Å². The summed E-state index contributed by atoms with van der Waals surface area (Å²) in [6, 6.07) is 0. The summed E-state index contributed by atoms with van der Waals surface area (Å²) < 4.78 is 111. The third-order valence-electron chi connectivity index (χ3n) is 3.09. The van der Waals surface area contributed by atoms with Gasteiger partial charge < -0.3 is 38.8 Å². The van der Waals surface area contributed by atoms with Crippen LogP contribution in [-0.4, -0.2) is 58.8 Å². The molecule has 0 aliphatic heterocycles. The van der Waals surface area contributed by atoms with Crippen molar-refractivity contribution in [2.24, 2.45) is 0 Å². The Kier molecular flexibility index (Phi) is 12.1. The summed E-state index contributed by atoms with van der Waals surface area (Å²) in [7, 11) is -17.4. The maximum atomic E-state index is 14.7. The number of aliphatic hydroxyl groups excluding tert-OH is 1. The van der Waals surface area contributed by atoms with E-state index in [9.17, 15) is 50.4 Å². The second kappa shape index (κ2) is 12.1. The molecule has 4 atom stereocenters. The maximum absolute atomic E-state index is 14.7. The normalized spacial score (nSPS) is 18.6. The van der Waals surface area contributed by atoms with Crippen molar-refractivity contribution < 1.29 is 105 Å². The van der Waals surface area contributed by atoms with E-state index < -0.39 is 70.7 Å². The van der Waals surface area contributed by atoms with E-state index in [0.717, 1.165) is 0 Å². The van der Waals surface area contributed by atoms with Crippen molar-refractivity contribution in [1.82, 2.24) is 9.55 Å². The summed E-state index contributed by atoms with van der Waals surface area (Å²) >= 11 is 4.46. The van der Waals surface area contributed by atoms with Gasteiger partial charge in [-0.2, -0.15) is 21.8 Å². The molecule has 1 heterocycles. The molecular weight excluding hydrogens is 798 g/mol. The number of phosphoric ester groups is 1. The molecule has 1 aromatic heterocycles. The molecule has 14 nitrogen and oxygen atoms in total. The fraction of sp³-hybridized carbons (Fsp3) is 0.400. The van der Waals surface area contributed by atoms with Crippen molar-refractivity contribution in [3.05, 3.63) is 40.1 Å². The number of halogens is 5. The molecule has 0 amide bonds. The number of hydrogen-bond acceptors (Lipinski definition) is 9. The molecule has 0 spiro atoms. The van der Waals surface area contributed by atoms with Gasteiger partial charge >= 0.3 is 60.8 Å².